The minimum Gasteiger partial charge on any atom is -0.508 e. The number of phenolic OH excluding ortho intramolecular Hbond substituents is 1. The van der Waals surface area contributed by atoms with Gasteiger partial charge >= 0.3 is 0 Å². The van der Waals surface area contributed by atoms with Crippen molar-refractivity contribution in [3.63, 3.8) is 0 Å². The number of nitrogens with one attached hydrogen (secondary N) is 1. The van der Waals surface area contributed by atoms with E-state index >= 15 is 0 Å². The van der Waals surface area contributed by atoms with Crippen molar-refractivity contribution in [2.24, 2.45) is 11.0 Å². The lowest BCUT2D eigenvalue weighted by molar-refractivity contribution is 0.0959. The van der Waals surface area contributed by atoms with Crippen molar-refractivity contribution in [2.45, 2.75) is 32.6 Å². The molecule has 3 rings (SSSR count). The summed E-state index contributed by atoms with van der Waals surface area (Å²) >= 11 is 1.59. The molecule has 0 spiro atoms. The number of hydrogen-bond acceptors (Lipinski definition) is 4. The standard InChI is InChI=1S/C18H20N2O2S/c1-2-12-5-8-16-14(9-12)10-17(23-16)18(22)20-19-11-13-3-6-15(21)7-4-13/h3-4,6-7,10-12,21H,2,5,8-9H2,1H3,(H,20,22)/b19-11+/t12-/m1/s1. The van der Waals surface area contributed by atoms with Crippen LogP contribution in [0.4, 0.5) is 0 Å². The molecule has 23 heavy (non-hydrogen) atoms. The molecule has 2 aromatic rings. The predicted octanol–water partition coefficient (Wildman–Crippen LogP) is 3.73. The van der Waals surface area contributed by atoms with Gasteiger partial charge in [-0.25, -0.2) is 5.43 Å². The summed E-state index contributed by atoms with van der Waals surface area (Å²) in [4.78, 5) is 14.3. The molecule has 5 heteroatoms. The summed E-state index contributed by atoms with van der Waals surface area (Å²) in [6.45, 7) is 2.23. The third-order valence-corrected chi connectivity index (χ3v) is 5.49. The van der Waals surface area contributed by atoms with Crippen LogP contribution in [-0.4, -0.2) is 17.2 Å². The second-order valence-electron chi connectivity index (χ2n) is 5.87. The van der Waals surface area contributed by atoms with Crippen LogP contribution in [0.3, 0.4) is 0 Å². The molecule has 1 aliphatic rings. The van der Waals surface area contributed by atoms with Crippen LogP contribution < -0.4 is 5.43 Å². The molecular weight excluding hydrogens is 308 g/mol. The van der Waals surface area contributed by atoms with Gasteiger partial charge in [-0.05, 0) is 66.6 Å². The van der Waals surface area contributed by atoms with Gasteiger partial charge in [0.2, 0.25) is 0 Å². The smallest absolute Gasteiger partial charge is 0.281 e. The molecule has 1 aromatic heterocycles. The summed E-state index contributed by atoms with van der Waals surface area (Å²) in [5.74, 6) is 0.800. The number of aryl methyl sites for hydroxylation is 1. The minimum absolute atomic E-state index is 0.160. The van der Waals surface area contributed by atoms with Crippen LogP contribution in [-0.2, 0) is 12.8 Å². The van der Waals surface area contributed by atoms with Crippen LogP contribution in [0, 0.1) is 5.92 Å². The Labute approximate surface area is 139 Å². The summed E-state index contributed by atoms with van der Waals surface area (Å²) in [6, 6.07) is 8.66. The molecule has 1 heterocycles. The molecule has 4 nitrogen and oxygen atoms in total. The summed E-state index contributed by atoms with van der Waals surface area (Å²) in [5, 5.41) is 13.2. The van der Waals surface area contributed by atoms with Crippen LogP contribution in [0.5, 0.6) is 5.75 Å². The van der Waals surface area contributed by atoms with E-state index in [-0.39, 0.29) is 11.7 Å². The van der Waals surface area contributed by atoms with Gasteiger partial charge in [-0.15, -0.1) is 11.3 Å². The van der Waals surface area contributed by atoms with E-state index in [0.717, 1.165) is 29.2 Å². The molecule has 1 amide bonds. The number of carbonyl (C=O) groups excluding carboxylic acids is 1. The number of phenols is 1. The third kappa shape index (κ3) is 3.79. The molecule has 0 saturated heterocycles. The maximum atomic E-state index is 12.2. The Morgan fingerprint density at radius 1 is 1.43 bits per heavy atom. The maximum absolute atomic E-state index is 12.2. The van der Waals surface area contributed by atoms with Crippen molar-refractivity contribution in [1.82, 2.24) is 5.43 Å². The van der Waals surface area contributed by atoms with Gasteiger partial charge < -0.3 is 5.11 Å². The maximum Gasteiger partial charge on any atom is 0.281 e. The zero-order chi connectivity index (χ0) is 16.2. The van der Waals surface area contributed by atoms with Crippen LogP contribution in [0.25, 0.3) is 0 Å². The third-order valence-electron chi connectivity index (χ3n) is 4.26. The Morgan fingerprint density at radius 2 is 2.22 bits per heavy atom. The van der Waals surface area contributed by atoms with Crippen molar-refractivity contribution in [3.05, 3.63) is 51.2 Å². The van der Waals surface area contributed by atoms with E-state index in [1.807, 2.05) is 6.07 Å². The zero-order valence-corrected chi connectivity index (χ0v) is 13.9. The molecule has 1 aliphatic carbocycles. The average molecular weight is 328 g/mol. The first-order valence-corrected chi connectivity index (χ1v) is 8.71. The van der Waals surface area contributed by atoms with E-state index in [0.29, 0.717) is 0 Å². The number of hydrazone groups is 1. The molecule has 0 radical (unpaired) electrons. The molecule has 1 aromatic carbocycles. The number of thiophene rings is 1. The van der Waals surface area contributed by atoms with Gasteiger partial charge in [0, 0.05) is 4.88 Å². The highest BCUT2D eigenvalue weighted by Crippen LogP contribution is 2.33. The van der Waals surface area contributed by atoms with Crippen molar-refractivity contribution in [3.8, 4) is 5.75 Å². The first-order chi connectivity index (χ1) is 11.2. The molecule has 120 valence electrons. The van der Waals surface area contributed by atoms with Gasteiger partial charge in [-0.3, -0.25) is 4.79 Å². The lowest BCUT2D eigenvalue weighted by Crippen LogP contribution is -2.16. The number of nitrogens with zero attached hydrogens (tertiary/aromatic N) is 1. The molecule has 0 saturated carbocycles. The highest BCUT2D eigenvalue weighted by atomic mass is 32.1. The van der Waals surface area contributed by atoms with Crippen LogP contribution in [0.2, 0.25) is 0 Å². The average Bonchev–Trinajstić information content (AvgIpc) is 2.99. The van der Waals surface area contributed by atoms with E-state index in [1.165, 1.54) is 23.3 Å². The summed E-state index contributed by atoms with van der Waals surface area (Å²) in [6.07, 6.45) is 6.17. The quantitative estimate of drug-likeness (QED) is 0.663. The van der Waals surface area contributed by atoms with Gasteiger partial charge in [-0.2, -0.15) is 5.10 Å². The second-order valence-corrected chi connectivity index (χ2v) is 7.00. The molecule has 0 bridgehead atoms. The fourth-order valence-corrected chi connectivity index (χ4v) is 3.94. The van der Waals surface area contributed by atoms with Crippen molar-refractivity contribution >= 4 is 23.5 Å². The predicted molar refractivity (Wildman–Crippen MR) is 93.3 cm³/mol. The fourth-order valence-electron chi connectivity index (χ4n) is 2.84. The highest BCUT2D eigenvalue weighted by molar-refractivity contribution is 7.14. The Morgan fingerprint density at radius 3 is 2.96 bits per heavy atom. The summed E-state index contributed by atoms with van der Waals surface area (Å²) < 4.78 is 0. The minimum atomic E-state index is -0.160. The topological polar surface area (TPSA) is 61.7 Å². The highest BCUT2D eigenvalue weighted by Gasteiger charge is 2.21. The van der Waals surface area contributed by atoms with Crippen LogP contribution in [0.1, 0.15) is 45.4 Å². The molecule has 0 aliphatic heterocycles. The summed E-state index contributed by atoms with van der Waals surface area (Å²) in [7, 11) is 0. The number of hydrogen-bond donors (Lipinski definition) is 2. The van der Waals surface area contributed by atoms with Crippen molar-refractivity contribution < 1.29 is 9.90 Å². The SMILES string of the molecule is CC[C@@H]1CCc2sc(C(=O)N/N=C/c3ccc(O)cc3)cc2C1. The number of fused-ring (bicyclic) bond motifs is 1. The Bertz CT molecular complexity index is 719. The van der Waals surface area contributed by atoms with Crippen molar-refractivity contribution in [2.75, 3.05) is 0 Å². The zero-order valence-electron chi connectivity index (χ0n) is 13.1. The normalized spacial score (nSPS) is 17.2. The molecule has 0 unspecified atom stereocenters. The lowest BCUT2D eigenvalue weighted by atomic mass is 9.87. The van der Waals surface area contributed by atoms with Gasteiger partial charge in [0.25, 0.3) is 5.91 Å². The molecule has 2 N–H and O–H groups in total. The molecule has 0 fully saturated rings. The van der Waals surface area contributed by atoms with Crippen LogP contribution >= 0.6 is 11.3 Å². The van der Waals surface area contributed by atoms with Crippen molar-refractivity contribution in [1.29, 1.82) is 0 Å². The van der Waals surface area contributed by atoms with Gasteiger partial charge in [0.1, 0.15) is 5.75 Å². The fraction of sp³-hybridized carbons (Fsp3) is 0.333. The van der Waals surface area contributed by atoms with Crippen LogP contribution in [0.15, 0.2) is 35.4 Å². The Balaban J connectivity index is 1.63. The van der Waals surface area contributed by atoms with Gasteiger partial charge in [0.05, 0.1) is 11.1 Å². The number of carbonyl (C=O) groups is 1. The summed E-state index contributed by atoms with van der Waals surface area (Å²) in [5.41, 5.74) is 4.73. The van der Waals surface area contributed by atoms with E-state index in [9.17, 15) is 9.90 Å². The first-order valence-electron chi connectivity index (χ1n) is 7.89. The number of rotatable bonds is 4. The Hall–Kier alpha value is -2.14. The second kappa shape index (κ2) is 6.96. The van der Waals surface area contributed by atoms with E-state index in [2.05, 4.69) is 17.5 Å². The van der Waals surface area contributed by atoms with E-state index in [1.54, 1.807) is 41.8 Å². The molecular formula is C18H20N2O2S. The van der Waals surface area contributed by atoms with Gasteiger partial charge in [0.15, 0.2) is 0 Å². The van der Waals surface area contributed by atoms with E-state index < -0.39 is 0 Å². The van der Waals surface area contributed by atoms with Gasteiger partial charge in [-0.1, -0.05) is 13.3 Å². The Kier molecular flexibility index (Phi) is 4.76. The first kappa shape index (κ1) is 15.7. The van der Waals surface area contributed by atoms with E-state index in [4.69, 9.17) is 0 Å². The number of aromatic hydroxyl groups is 1. The lowest BCUT2D eigenvalue weighted by Gasteiger charge is -2.19. The number of amides is 1. The largest absolute Gasteiger partial charge is 0.508 e. The monoisotopic (exact) mass is 328 g/mol. The molecule has 1 atom stereocenters. The number of benzene rings is 1.